The van der Waals surface area contributed by atoms with E-state index >= 15 is 0 Å². The average Bonchev–Trinajstić information content (AvgIpc) is 2.65. The number of hydrogen-bond donors (Lipinski definition) is 3. The van der Waals surface area contributed by atoms with Crippen LogP contribution in [0.5, 0.6) is 0 Å². The molecule has 3 amide bonds. The highest BCUT2D eigenvalue weighted by Crippen LogP contribution is 2.11. The van der Waals surface area contributed by atoms with Gasteiger partial charge in [-0.15, -0.1) is 0 Å². The van der Waals surface area contributed by atoms with Gasteiger partial charge in [-0.25, -0.2) is 0 Å². The van der Waals surface area contributed by atoms with Gasteiger partial charge in [0, 0.05) is 28.3 Å². The maximum Gasteiger partial charge on any atom is 0.269 e. The molecule has 0 aliphatic heterocycles. The zero-order chi connectivity index (χ0) is 18.9. The smallest absolute Gasteiger partial charge is 0.269 e. The van der Waals surface area contributed by atoms with Crippen LogP contribution in [0.2, 0.25) is 5.02 Å². The second-order valence-corrected chi connectivity index (χ2v) is 6.08. The molecule has 26 heavy (non-hydrogen) atoms. The monoisotopic (exact) mass is 373 g/mol. The molecule has 2 aromatic rings. The summed E-state index contributed by atoms with van der Waals surface area (Å²) in [6.45, 7) is 2.02. The number of hydrazine groups is 1. The van der Waals surface area contributed by atoms with Crippen LogP contribution in [0.3, 0.4) is 0 Å². The van der Waals surface area contributed by atoms with Crippen molar-refractivity contribution in [3.05, 3.63) is 64.7 Å². The largest absolute Gasteiger partial charge is 0.326 e. The van der Waals surface area contributed by atoms with Gasteiger partial charge in [-0.05, 0) is 55.0 Å². The van der Waals surface area contributed by atoms with Gasteiger partial charge < -0.3 is 5.32 Å². The van der Waals surface area contributed by atoms with Crippen molar-refractivity contribution >= 4 is 35.0 Å². The Kier molecular flexibility index (Phi) is 7.17. The molecule has 2 rings (SSSR count). The third-order valence-corrected chi connectivity index (χ3v) is 3.84. The Balaban J connectivity index is 1.86. The van der Waals surface area contributed by atoms with Gasteiger partial charge in [-0.3, -0.25) is 25.2 Å². The minimum absolute atomic E-state index is 0.0562. The Labute approximate surface area is 156 Å². The van der Waals surface area contributed by atoms with E-state index in [0.717, 1.165) is 12.8 Å². The van der Waals surface area contributed by atoms with Crippen molar-refractivity contribution in [2.24, 2.45) is 0 Å². The van der Waals surface area contributed by atoms with Gasteiger partial charge in [0.25, 0.3) is 11.8 Å². The molecule has 6 nitrogen and oxygen atoms in total. The van der Waals surface area contributed by atoms with Crippen molar-refractivity contribution in [2.75, 3.05) is 5.32 Å². The first kappa shape index (κ1) is 19.5. The van der Waals surface area contributed by atoms with Gasteiger partial charge in [0.1, 0.15) is 0 Å². The Morgan fingerprint density at radius 1 is 0.846 bits per heavy atom. The number of carbonyl (C=O) groups is 3. The fraction of sp³-hybridized carbons (Fsp3) is 0.211. The van der Waals surface area contributed by atoms with Crippen molar-refractivity contribution in [3.8, 4) is 0 Å². The predicted molar refractivity (Wildman–Crippen MR) is 101 cm³/mol. The van der Waals surface area contributed by atoms with Gasteiger partial charge in [-0.1, -0.05) is 24.9 Å². The zero-order valence-electron chi connectivity index (χ0n) is 14.3. The van der Waals surface area contributed by atoms with Gasteiger partial charge in [0.05, 0.1) is 0 Å². The molecule has 136 valence electrons. The molecule has 0 saturated heterocycles. The molecule has 0 radical (unpaired) electrons. The first-order chi connectivity index (χ1) is 12.5. The van der Waals surface area contributed by atoms with E-state index in [1.54, 1.807) is 48.5 Å². The highest BCUT2D eigenvalue weighted by molar-refractivity contribution is 6.30. The summed E-state index contributed by atoms with van der Waals surface area (Å²) in [6, 6.07) is 12.7. The molecule has 0 aromatic heterocycles. The lowest BCUT2D eigenvalue weighted by Gasteiger charge is -2.09. The first-order valence-electron chi connectivity index (χ1n) is 8.25. The Bertz CT molecular complexity index is 774. The van der Waals surface area contributed by atoms with E-state index in [0.29, 0.717) is 28.3 Å². The summed E-state index contributed by atoms with van der Waals surface area (Å²) >= 11 is 5.77. The summed E-state index contributed by atoms with van der Waals surface area (Å²) in [6.07, 6.45) is 2.25. The molecule has 0 saturated carbocycles. The molecule has 2 aromatic carbocycles. The summed E-state index contributed by atoms with van der Waals surface area (Å²) in [5.41, 5.74) is 6.02. The number of hydrogen-bond acceptors (Lipinski definition) is 3. The first-order valence-corrected chi connectivity index (χ1v) is 8.63. The number of rotatable bonds is 6. The summed E-state index contributed by atoms with van der Waals surface area (Å²) in [7, 11) is 0. The molecule has 0 atom stereocenters. The van der Waals surface area contributed by atoms with Crippen LogP contribution in [-0.4, -0.2) is 17.7 Å². The molecule has 0 fully saturated rings. The summed E-state index contributed by atoms with van der Waals surface area (Å²) in [5, 5.41) is 3.29. The van der Waals surface area contributed by atoms with E-state index in [4.69, 9.17) is 11.6 Å². The molecular weight excluding hydrogens is 354 g/mol. The molecule has 0 bridgehead atoms. The fourth-order valence-corrected chi connectivity index (χ4v) is 2.25. The predicted octanol–water partition coefficient (Wildman–Crippen LogP) is 3.54. The van der Waals surface area contributed by atoms with Crippen LogP contribution in [0.25, 0.3) is 0 Å². The molecule has 0 aliphatic rings. The minimum atomic E-state index is -0.462. The minimum Gasteiger partial charge on any atom is -0.326 e. The van der Waals surface area contributed by atoms with Crippen molar-refractivity contribution in [1.29, 1.82) is 0 Å². The molecule has 3 N–H and O–H groups in total. The molecule has 0 unspecified atom stereocenters. The average molecular weight is 374 g/mol. The number of benzene rings is 2. The third-order valence-electron chi connectivity index (χ3n) is 3.58. The highest BCUT2D eigenvalue weighted by Gasteiger charge is 2.09. The Morgan fingerprint density at radius 2 is 1.35 bits per heavy atom. The topological polar surface area (TPSA) is 87.3 Å². The Morgan fingerprint density at radius 3 is 1.85 bits per heavy atom. The Hall–Kier alpha value is -2.86. The van der Waals surface area contributed by atoms with Crippen LogP contribution in [0.1, 0.15) is 46.9 Å². The second kappa shape index (κ2) is 9.58. The van der Waals surface area contributed by atoms with E-state index in [-0.39, 0.29) is 5.91 Å². The van der Waals surface area contributed by atoms with Crippen LogP contribution in [-0.2, 0) is 4.79 Å². The van der Waals surface area contributed by atoms with Crippen molar-refractivity contribution in [2.45, 2.75) is 26.2 Å². The van der Waals surface area contributed by atoms with Gasteiger partial charge in [0.2, 0.25) is 5.91 Å². The van der Waals surface area contributed by atoms with E-state index < -0.39 is 11.8 Å². The summed E-state index contributed by atoms with van der Waals surface area (Å²) in [5.74, 6) is -0.967. The van der Waals surface area contributed by atoms with Crippen LogP contribution in [0.4, 0.5) is 5.69 Å². The van der Waals surface area contributed by atoms with Crippen molar-refractivity contribution in [1.82, 2.24) is 10.9 Å². The van der Waals surface area contributed by atoms with E-state index in [1.807, 2.05) is 6.92 Å². The van der Waals surface area contributed by atoms with E-state index in [1.165, 1.54) is 0 Å². The number of anilines is 1. The zero-order valence-corrected chi connectivity index (χ0v) is 15.1. The number of unbranched alkanes of at least 4 members (excludes halogenated alkanes) is 1. The third kappa shape index (κ3) is 5.89. The lowest BCUT2D eigenvalue weighted by Crippen LogP contribution is -2.41. The molecule has 0 aliphatic carbocycles. The van der Waals surface area contributed by atoms with Crippen molar-refractivity contribution in [3.63, 3.8) is 0 Å². The van der Waals surface area contributed by atoms with Gasteiger partial charge >= 0.3 is 0 Å². The second-order valence-electron chi connectivity index (χ2n) is 5.64. The SMILES string of the molecule is CCCCC(=O)Nc1ccc(C(=O)NNC(=O)c2ccc(Cl)cc2)cc1. The lowest BCUT2D eigenvalue weighted by molar-refractivity contribution is -0.116. The normalized spacial score (nSPS) is 10.1. The van der Waals surface area contributed by atoms with Crippen LogP contribution >= 0.6 is 11.6 Å². The van der Waals surface area contributed by atoms with Crippen LogP contribution in [0, 0.1) is 0 Å². The number of carbonyl (C=O) groups excluding carboxylic acids is 3. The molecule has 0 spiro atoms. The fourth-order valence-electron chi connectivity index (χ4n) is 2.12. The summed E-state index contributed by atoms with van der Waals surface area (Å²) < 4.78 is 0. The van der Waals surface area contributed by atoms with E-state index in [9.17, 15) is 14.4 Å². The van der Waals surface area contributed by atoms with E-state index in [2.05, 4.69) is 16.2 Å². The standard InChI is InChI=1S/C19H20ClN3O3/c1-2-3-4-17(24)21-16-11-7-14(8-12-16)19(26)23-22-18(25)13-5-9-15(20)10-6-13/h5-12H,2-4H2,1H3,(H,21,24)(H,22,25)(H,23,26). The van der Waals surface area contributed by atoms with Crippen LogP contribution < -0.4 is 16.2 Å². The maximum absolute atomic E-state index is 12.1. The van der Waals surface area contributed by atoms with Gasteiger partial charge in [-0.2, -0.15) is 0 Å². The van der Waals surface area contributed by atoms with Gasteiger partial charge in [0.15, 0.2) is 0 Å². The number of amides is 3. The number of nitrogens with one attached hydrogen (secondary N) is 3. The quantitative estimate of drug-likeness (QED) is 0.677. The van der Waals surface area contributed by atoms with Crippen LogP contribution in [0.15, 0.2) is 48.5 Å². The highest BCUT2D eigenvalue weighted by atomic mass is 35.5. The molecule has 7 heteroatoms. The lowest BCUT2D eigenvalue weighted by atomic mass is 10.2. The summed E-state index contributed by atoms with van der Waals surface area (Å²) in [4.78, 5) is 35.7. The number of halogens is 1. The van der Waals surface area contributed by atoms with Crippen molar-refractivity contribution < 1.29 is 14.4 Å². The maximum atomic E-state index is 12.1. The molecule has 0 heterocycles. The molecular formula is C19H20ClN3O3.